The first kappa shape index (κ1) is 27.7. The van der Waals surface area contributed by atoms with Crippen LogP contribution in [0.2, 0.25) is 0 Å². The summed E-state index contributed by atoms with van der Waals surface area (Å²) < 4.78 is 51.9. The van der Waals surface area contributed by atoms with Gasteiger partial charge in [-0.2, -0.15) is 18.2 Å². The van der Waals surface area contributed by atoms with Crippen LogP contribution in [0, 0.1) is 6.92 Å². The van der Waals surface area contributed by atoms with Crippen LogP contribution in [-0.2, 0) is 15.8 Å². The van der Waals surface area contributed by atoms with E-state index in [4.69, 9.17) is 15.2 Å². The van der Waals surface area contributed by atoms with Gasteiger partial charge in [0.05, 0.1) is 24.2 Å². The number of hydrogen-bond acceptors (Lipinski definition) is 9. The number of aryl methyl sites for hydroxylation is 1. The average molecular weight is 531 g/mol. The van der Waals surface area contributed by atoms with Crippen molar-refractivity contribution < 1.29 is 32.2 Å². The number of ether oxygens (including phenoxy) is 2. The Balaban J connectivity index is 2.03. The molecule has 14 heteroatoms. The molecule has 1 aromatic carbocycles. The summed E-state index contributed by atoms with van der Waals surface area (Å²) in [5.74, 6) is -1.72. The number of carbonyl (C=O) groups is 2. The summed E-state index contributed by atoms with van der Waals surface area (Å²) in [5, 5.41) is 7.93. The molecule has 0 aliphatic heterocycles. The molecule has 3 aromatic rings. The predicted octanol–water partition coefficient (Wildman–Crippen LogP) is 4.07. The maximum Gasteiger partial charge on any atom is 0.421 e. The largest absolute Gasteiger partial charge is 0.481 e. The Labute approximate surface area is 215 Å². The second-order valence-electron chi connectivity index (χ2n) is 7.81. The number of amides is 2. The highest BCUT2D eigenvalue weighted by Crippen LogP contribution is 2.37. The lowest BCUT2D eigenvalue weighted by molar-refractivity contribution is -0.137. The van der Waals surface area contributed by atoms with Crippen molar-refractivity contribution in [2.45, 2.75) is 26.1 Å². The number of methoxy groups -OCH3 is 1. The third-order valence-electron chi connectivity index (χ3n) is 5.03. The first-order valence-electron chi connectivity index (χ1n) is 10.9. The van der Waals surface area contributed by atoms with Gasteiger partial charge in [-0.15, -0.1) is 0 Å². The third-order valence-corrected chi connectivity index (χ3v) is 5.03. The summed E-state index contributed by atoms with van der Waals surface area (Å²) in [4.78, 5) is 35.2. The second kappa shape index (κ2) is 11.5. The van der Waals surface area contributed by atoms with Crippen LogP contribution in [0.25, 0.3) is 0 Å². The number of aromatic nitrogens is 3. The Morgan fingerprint density at radius 1 is 1.11 bits per heavy atom. The summed E-state index contributed by atoms with van der Waals surface area (Å²) in [7, 11) is 1.42. The van der Waals surface area contributed by atoms with Crippen molar-refractivity contribution in [2.75, 3.05) is 23.1 Å². The van der Waals surface area contributed by atoms with E-state index in [-0.39, 0.29) is 29.0 Å². The van der Waals surface area contributed by atoms with E-state index in [1.165, 1.54) is 44.5 Å². The highest BCUT2D eigenvalue weighted by Gasteiger charge is 2.35. The Bertz CT molecular complexity index is 1370. The van der Waals surface area contributed by atoms with Gasteiger partial charge in [0, 0.05) is 24.5 Å². The fourth-order valence-corrected chi connectivity index (χ4v) is 3.00. The smallest absolute Gasteiger partial charge is 0.421 e. The minimum Gasteiger partial charge on any atom is -0.481 e. The number of anilines is 5. The lowest BCUT2D eigenvalue weighted by Crippen LogP contribution is -2.30. The normalized spacial score (nSPS) is 11.7. The molecule has 200 valence electrons. The number of primary amides is 1. The maximum absolute atomic E-state index is 13.8. The van der Waals surface area contributed by atoms with E-state index >= 15 is 0 Å². The number of halogens is 3. The van der Waals surface area contributed by atoms with E-state index in [2.05, 4.69) is 37.5 Å². The zero-order valence-electron chi connectivity index (χ0n) is 20.5. The number of nitrogens with one attached hydrogen (secondary N) is 3. The Morgan fingerprint density at radius 3 is 2.47 bits per heavy atom. The fraction of sp³-hybridized carbons (Fsp3) is 0.208. The highest BCUT2D eigenvalue weighted by molar-refractivity contribution is 6.01. The summed E-state index contributed by atoms with van der Waals surface area (Å²) in [5.41, 5.74) is 5.25. The predicted molar refractivity (Wildman–Crippen MR) is 134 cm³/mol. The van der Waals surface area contributed by atoms with Crippen LogP contribution in [-0.4, -0.2) is 40.0 Å². The van der Waals surface area contributed by atoms with Crippen molar-refractivity contribution in [2.24, 2.45) is 5.73 Å². The standard InChI is InChI=1S/C24H24F3N7O4/c1-5-19(35)31-18-8-14(38-13(3)21(28)36)6-7-16(18)32-22-15(24(25,26)27)11-30-23(34-22)33-17-9-20(37-4)29-10-12(17)2/h5-11,13H,1H2,2-4H3,(H2,28,36)(H,31,35)(H2,29,30,32,33,34)/t13-/m1/s1. The summed E-state index contributed by atoms with van der Waals surface area (Å²) in [6.45, 7) is 6.52. The van der Waals surface area contributed by atoms with Gasteiger partial charge in [-0.05, 0) is 37.6 Å². The molecule has 0 saturated carbocycles. The van der Waals surface area contributed by atoms with Crippen LogP contribution in [0.15, 0.2) is 49.3 Å². The monoisotopic (exact) mass is 531 g/mol. The van der Waals surface area contributed by atoms with Crippen molar-refractivity contribution in [3.63, 3.8) is 0 Å². The Morgan fingerprint density at radius 2 is 1.84 bits per heavy atom. The second-order valence-corrected chi connectivity index (χ2v) is 7.81. The number of alkyl halides is 3. The quantitative estimate of drug-likeness (QED) is 0.284. The molecule has 38 heavy (non-hydrogen) atoms. The van der Waals surface area contributed by atoms with Gasteiger partial charge in [0.25, 0.3) is 5.91 Å². The van der Waals surface area contributed by atoms with Crippen molar-refractivity contribution >= 4 is 40.6 Å². The van der Waals surface area contributed by atoms with Gasteiger partial charge in [0.15, 0.2) is 6.10 Å². The molecule has 1 atom stereocenters. The van der Waals surface area contributed by atoms with Crippen LogP contribution in [0.4, 0.5) is 42.0 Å². The van der Waals surface area contributed by atoms with Gasteiger partial charge >= 0.3 is 6.18 Å². The van der Waals surface area contributed by atoms with Crippen LogP contribution in [0.3, 0.4) is 0 Å². The molecule has 5 N–H and O–H groups in total. The molecule has 0 radical (unpaired) electrons. The lowest BCUT2D eigenvalue weighted by Gasteiger charge is -2.19. The molecular weight excluding hydrogens is 507 g/mol. The number of carbonyl (C=O) groups excluding carboxylic acids is 2. The summed E-state index contributed by atoms with van der Waals surface area (Å²) >= 11 is 0. The molecule has 0 unspecified atom stereocenters. The van der Waals surface area contributed by atoms with Crippen LogP contribution in [0.1, 0.15) is 18.1 Å². The number of nitrogens with zero attached hydrogens (tertiary/aromatic N) is 3. The molecule has 2 heterocycles. The number of pyridine rings is 1. The molecule has 0 saturated heterocycles. The minimum absolute atomic E-state index is 0.0278. The molecule has 0 aliphatic carbocycles. The van der Waals surface area contributed by atoms with E-state index in [0.717, 1.165) is 6.08 Å². The molecular formula is C24H24F3N7O4. The SMILES string of the molecule is C=CC(=O)Nc1cc(O[C@H](C)C(N)=O)ccc1Nc1nc(Nc2cc(OC)ncc2C)ncc1C(F)(F)F. The Kier molecular flexibility index (Phi) is 8.35. The van der Waals surface area contributed by atoms with E-state index in [9.17, 15) is 22.8 Å². The molecule has 2 aromatic heterocycles. The van der Waals surface area contributed by atoms with Crippen molar-refractivity contribution in [1.29, 1.82) is 0 Å². The topological polar surface area (TPSA) is 153 Å². The minimum atomic E-state index is -4.80. The van der Waals surface area contributed by atoms with E-state index in [1.54, 1.807) is 6.92 Å². The number of rotatable bonds is 10. The zero-order valence-corrected chi connectivity index (χ0v) is 20.5. The lowest BCUT2D eigenvalue weighted by atomic mass is 10.2. The maximum atomic E-state index is 13.8. The van der Waals surface area contributed by atoms with Gasteiger partial charge in [0.1, 0.15) is 17.1 Å². The number of hydrogen-bond donors (Lipinski definition) is 4. The number of nitrogens with two attached hydrogens (primary N) is 1. The molecule has 2 amide bonds. The summed E-state index contributed by atoms with van der Waals surface area (Å²) in [6.07, 6.45) is -2.69. The van der Waals surface area contributed by atoms with E-state index in [1.807, 2.05) is 0 Å². The van der Waals surface area contributed by atoms with Gasteiger partial charge in [-0.3, -0.25) is 9.59 Å². The highest BCUT2D eigenvalue weighted by atomic mass is 19.4. The molecule has 0 spiro atoms. The third kappa shape index (κ3) is 6.87. The van der Waals surface area contributed by atoms with Crippen LogP contribution < -0.4 is 31.2 Å². The molecule has 3 rings (SSSR count). The van der Waals surface area contributed by atoms with Crippen molar-refractivity contribution in [3.8, 4) is 11.6 Å². The van der Waals surface area contributed by atoms with Gasteiger partial charge in [0.2, 0.25) is 17.7 Å². The van der Waals surface area contributed by atoms with E-state index in [0.29, 0.717) is 17.4 Å². The van der Waals surface area contributed by atoms with Gasteiger partial charge < -0.3 is 31.2 Å². The first-order chi connectivity index (χ1) is 17.9. The van der Waals surface area contributed by atoms with Crippen LogP contribution in [0.5, 0.6) is 11.6 Å². The van der Waals surface area contributed by atoms with Gasteiger partial charge in [-0.25, -0.2) is 9.97 Å². The number of benzene rings is 1. The van der Waals surface area contributed by atoms with Gasteiger partial charge in [-0.1, -0.05) is 6.58 Å². The Hall–Kier alpha value is -4.88. The molecule has 0 aliphatic rings. The fourth-order valence-electron chi connectivity index (χ4n) is 3.00. The van der Waals surface area contributed by atoms with Crippen LogP contribution >= 0.6 is 0 Å². The van der Waals surface area contributed by atoms with E-state index < -0.39 is 35.5 Å². The molecule has 11 nitrogen and oxygen atoms in total. The first-order valence-corrected chi connectivity index (χ1v) is 10.9. The summed E-state index contributed by atoms with van der Waals surface area (Å²) in [6, 6.07) is 5.57. The molecule has 0 bridgehead atoms. The zero-order chi connectivity index (χ0) is 28.0. The van der Waals surface area contributed by atoms with Crippen molar-refractivity contribution in [3.05, 3.63) is 60.4 Å². The molecule has 0 fully saturated rings. The average Bonchev–Trinajstić information content (AvgIpc) is 2.86. The van der Waals surface area contributed by atoms with Crippen molar-refractivity contribution in [1.82, 2.24) is 15.0 Å².